The molecule has 0 saturated heterocycles. The second-order valence-electron chi connectivity index (χ2n) is 12.6. The number of hydrogen-bond acceptors (Lipinski definition) is 9. The number of anilines is 1. The molecule has 0 saturated carbocycles. The Balaban J connectivity index is 0.000000184. The van der Waals surface area contributed by atoms with Crippen molar-refractivity contribution < 1.29 is 35.9 Å². The van der Waals surface area contributed by atoms with Crippen molar-refractivity contribution in [2.75, 3.05) is 44.3 Å². The van der Waals surface area contributed by atoms with E-state index in [0.717, 1.165) is 75.6 Å². The standard InChI is InChI=1S/C17H24N2O4S.C13H13NO.C4H11NO3S/c1-23-9-4-10-24(21,22)19-17(20)18-16-14-7-2-5-12(14)11-13-6-3-8-15(13)16;15-8-14-13-11-5-1-3-9(11)7-10-4-2-6-12(10)13;1-8-3-2-4-9(5,6)7/h11H,2-10H2,1H3,(H2,18,19,20);7H,1-6H2;2-4H2,1H3,(H2,5,6,7). The predicted octanol–water partition coefficient (Wildman–Crippen LogP) is 4.09. The van der Waals surface area contributed by atoms with Crippen LogP contribution in [0.4, 0.5) is 16.2 Å². The highest BCUT2D eigenvalue weighted by Crippen LogP contribution is 2.40. The van der Waals surface area contributed by atoms with Crippen molar-refractivity contribution in [3.8, 4) is 0 Å². The predicted molar refractivity (Wildman–Crippen MR) is 186 cm³/mol. The molecule has 48 heavy (non-hydrogen) atoms. The van der Waals surface area contributed by atoms with Crippen molar-refractivity contribution in [1.29, 1.82) is 0 Å². The molecule has 2 aromatic carbocycles. The molecule has 0 atom stereocenters. The van der Waals surface area contributed by atoms with E-state index in [1.54, 1.807) is 6.08 Å². The molecule has 4 aliphatic rings. The van der Waals surface area contributed by atoms with Crippen molar-refractivity contribution in [3.63, 3.8) is 0 Å². The molecule has 0 bridgehead atoms. The highest BCUT2D eigenvalue weighted by molar-refractivity contribution is 7.90. The molecule has 2 aromatic rings. The summed E-state index contributed by atoms with van der Waals surface area (Å²) in [5.74, 6) is -0.125. The van der Waals surface area contributed by atoms with Crippen LogP contribution in [0.3, 0.4) is 0 Å². The molecular formula is C34H48N4O8S2. The Kier molecular flexibility index (Phi) is 13.7. The molecule has 0 spiro atoms. The minimum Gasteiger partial charge on any atom is -0.385 e. The van der Waals surface area contributed by atoms with Crippen LogP contribution in [-0.4, -0.2) is 67.9 Å². The largest absolute Gasteiger partial charge is 0.385 e. The summed E-state index contributed by atoms with van der Waals surface area (Å²) in [5.41, 5.74) is 12.3. The summed E-state index contributed by atoms with van der Waals surface area (Å²) in [6.45, 7) is 0.790. The van der Waals surface area contributed by atoms with Gasteiger partial charge >= 0.3 is 6.03 Å². The van der Waals surface area contributed by atoms with E-state index >= 15 is 0 Å². The molecule has 264 valence electrons. The van der Waals surface area contributed by atoms with Crippen molar-refractivity contribution in [1.82, 2.24) is 4.72 Å². The number of hydrogen-bond donors (Lipinski definition) is 3. The van der Waals surface area contributed by atoms with E-state index in [9.17, 15) is 26.4 Å². The number of primary sulfonamides is 1. The van der Waals surface area contributed by atoms with Gasteiger partial charge in [0.15, 0.2) is 0 Å². The van der Waals surface area contributed by atoms with Crippen LogP contribution in [0.1, 0.15) is 83.0 Å². The lowest BCUT2D eigenvalue weighted by Gasteiger charge is -2.16. The average molecular weight is 705 g/mol. The number of urea groups is 1. The SMILES string of the molecule is COCCCS(=O)(=O)NC(=O)Nc1c2c(cc3c1CCC3)CCC2.COCCCS(N)(=O)=O.O=C=Nc1c2c(cc3c1CCC3)CCC2. The van der Waals surface area contributed by atoms with Crippen LogP contribution < -0.4 is 15.2 Å². The number of methoxy groups -OCH3 is 2. The number of isocyanates is 1. The number of nitrogens with two attached hydrogens (primary N) is 1. The summed E-state index contributed by atoms with van der Waals surface area (Å²) in [7, 11) is -3.89. The third-order valence-corrected chi connectivity index (χ3v) is 11.3. The van der Waals surface area contributed by atoms with Gasteiger partial charge in [0, 0.05) is 33.1 Å². The Morgan fingerprint density at radius 3 is 1.62 bits per heavy atom. The Morgan fingerprint density at radius 1 is 0.750 bits per heavy atom. The molecule has 0 fully saturated rings. The van der Waals surface area contributed by atoms with Crippen molar-refractivity contribution in [2.24, 2.45) is 10.1 Å². The van der Waals surface area contributed by atoms with Gasteiger partial charge < -0.3 is 14.8 Å². The molecule has 6 rings (SSSR count). The van der Waals surface area contributed by atoms with Crippen molar-refractivity contribution in [2.45, 2.75) is 89.9 Å². The molecule has 0 unspecified atom stereocenters. The minimum absolute atomic E-state index is 0.000833. The van der Waals surface area contributed by atoms with E-state index in [1.165, 1.54) is 71.6 Å². The van der Waals surface area contributed by atoms with E-state index in [0.29, 0.717) is 26.1 Å². The van der Waals surface area contributed by atoms with Gasteiger partial charge in [0.2, 0.25) is 26.1 Å². The van der Waals surface area contributed by atoms with Crippen LogP contribution in [0.15, 0.2) is 17.1 Å². The highest BCUT2D eigenvalue weighted by atomic mass is 32.2. The Bertz CT molecular complexity index is 1670. The molecule has 14 heteroatoms. The number of fused-ring (bicyclic) bond motifs is 4. The van der Waals surface area contributed by atoms with Crippen molar-refractivity contribution in [3.05, 3.63) is 56.6 Å². The van der Waals surface area contributed by atoms with Gasteiger partial charge in [-0.3, -0.25) is 0 Å². The number of nitrogens with zero attached hydrogens (tertiary/aromatic N) is 1. The number of ether oxygens (including phenoxy) is 2. The number of sulfonamides is 2. The first-order valence-corrected chi connectivity index (χ1v) is 20.0. The number of amides is 2. The van der Waals surface area contributed by atoms with Gasteiger partial charge in [-0.25, -0.2) is 36.3 Å². The molecule has 4 aliphatic carbocycles. The van der Waals surface area contributed by atoms with Gasteiger partial charge in [-0.2, -0.15) is 4.99 Å². The third-order valence-electron chi connectivity index (χ3n) is 9.10. The molecule has 0 radical (unpaired) electrons. The Labute approximate surface area is 284 Å². The fraction of sp³-hybridized carbons (Fsp3) is 0.588. The monoisotopic (exact) mass is 704 g/mol. The Hall–Kier alpha value is -3.13. The quantitative estimate of drug-likeness (QED) is 0.178. The van der Waals surface area contributed by atoms with E-state index in [2.05, 4.69) is 31.9 Å². The first kappa shape index (κ1) is 37.7. The number of benzene rings is 2. The molecular weight excluding hydrogens is 657 g/mol. The van der Waals surface area contributed by atoms with E-state index < -0.39 is 26.1 Å². The normalized spacial score (nSPS) is 15.5. The number of carbonyl (C=O) groups excluding carboxylic acids is 2. The summed E-state index contributed by atoms with van der Waals surface area (Å²) >= 11 is 0. The minimum atomic E-state index is -3.64. The maximum Gasteiger partial charge on any atom is 0.332 e. The lowest BCUT2D eigenvalue weighted by molar-refractivity contribution is 0.199. The lowest BCUT2D eigenvalue weighted by atomic mass is 9.99. The zero-order valence-corrected chi connectivity index (χ0v) is 29.6. The van der Waals surface area contributed by atoms with Crippen LogP contribution in [0.2, 0.25) is 0 Å². The summed E-state index contributed by atoms with van der Waals surface area (Å²) < 4.78 is 55.9. The van der Waals surface area contributed by atoms with Gasteiger partial charge in [-0.1, -0.05) is 12.1 Å². The number of carbonyl (C=O) groups is 1. The zero-order valence-electron chi connectivity index (χ0n) is 28.0. The van der Waals surface area contributed by atoms with Gasteiger partial charge in [0.25, 0.3) is 0 Å². The smallest absolute Gasteiger partial charge is 0.332 e. The number of aliphatic imine (C=N–C) groups is 1. The molecule has 0 heterocycles. The van der Waals surface area contributed by atoms with E-state index in [1.807, 2.05) is 0 Å². The maximum absolute atomic E-state index is 12.2. The van der Waals surface area contributed by atoms with Crippen LogP contribution >= 0.6 is 0 Å². The fourth-order valence-electron chi connectivity index (χ4n) is 7.06. The maximum atomic E-state index is 12.2. The number of nitrogens with one attached hydrogen (secondary N) is 2. The molecule has 0 aromatic heterocycles. The molecule has 4 N–H and O–H groups in total. The van der Waals surface area contributed by atoms with E-state index in [-0.39, 0.29) is 11.5 Å². The second-order valence-corrected chi connectivity index (χ2v) is 16.2. The van der Waals surface area contributed by atoms with Crippen LogP contribution in [0.5, 0.6) is 0 Å². The Morgan fingerprint density at radius 2 is 1.19 bits per heavy atom. The van der Waals surface area contributed by atoms with Gasteiger partial charge in [-0.15, -0.1) is 0 Å². The van der Waals surface area contributed by atoms with Crippen LogP contribution in [0.25, 0.3) is 0 Å². The molecule has 0 aliphatic heterocycles. The van der Waals surface area contributed by atoms with Gasteiger partial charge in [-0.05, 0) is 134 Å². The summed E-state index contributed by atoms with van der Waals surface area (Å²) in [4.78, 5) is 26.7. The molecule has 12 nitrogen and oxygen atoms in total. The highest BCUT2D eigenvalue weighted by Gasteiger charge is 2.26. The van der Waals surface area contributed by atoms with Crippen molar-refractivity contribution >= 4 is 43.5 Å². The number of rotatable bonds is 11. The second kappa shape index (κ2) is 17.5. The topological polar surface area (TPSA) is 183 Å². The summed E-state index contributed by atoms with van der Waals surface area (Å²) in [6, 6.07) is 3.95. The first-order chi connectivity index (χ1) is 23.0. The molecule has 2 amide bonds. The van der Waals surface area contributed by atoms with E-state index in [4.69, 9.17) is 9.88 Å². The average Bonchev–Trinajstić information content (AvgIpc) is 3.84. The summed E-state index contributed by atoms with van der Waals surface area (Å²) in [5, 5.41) is 7.52. The summed E-state index contributed by atoms with van der Waals surface area (Å²) in [6.07, 6.45) is 15.6. The lowest BCUT2D eigenvalue weighted by Crippen LogP contribution is -2.36. The van der Waals surface area contributed by atoms with Gasteiger partial charge in [0.05, 0.1) is 17.2 Å². The van der Waals surface area contributed by atoms with Crippen LogP contribution in [-0.2, 0) is 85.7 Å². The number of aryl methyl sites for hydroxylation is 4. The first-order valence-electron chi connectivity index (χ1n) is 16.7. The fourth-order valence-corrected chi connectivity index (χ4v) is 8.52. The third kappa shape index (κ3) is 10.4. The van der Waals surface area contributed by atoms with Crippen LogP contribution in [0, 0.1) is 0 Å². The van der Waals surface area contributed by atoms with Gasteiger partial charge in [0.1, 0.15) is 0 Å². The zero-order chi connectivity index (χ0) is 34.7.